The van der Waals surface area contributed by atoms with E-state index in [-0.39, 0.29) is 5.69 Å². The molecule has 5 heteroatoms. The third kappa shape index (κ3) is 2.83. The number of hydrogen-bond donors (Lipinski definition) is 2. The van der Waals surface area contributed by atoms with Gasteiger partial charge in [0.2, 0.25) is 0 Å². The fourth-order valence-corrected chi connectivity index (χ4v) is 1.47. The van der Waals surface area contributed by atoms with Crippen molar-refractivity contribution in [3.05, 3.63) is 53.9 Å². The van der Waals surface area contributed by atoms with E-state index < -0.39 is 5.91 Å². The zero-order chi connectivity index (χ0) is 13.0. The summed E-state index contributed by atoms with van der Waals surface area (Å²) in [5, 5.41) is 8.52. The van der Waals surface area contributed by atoms with Crippen molar-refractivity contribution in [3.63, 3.8) is 0 Å². The first kappa shape index (κ1) is 12.1. The largest absolute Gasteiger partial charge is 0.457 e. The van der Waals surface area contributed by atoms with Crippen LogP contribution < -0.4 is 10.2 Å². The van der Waals surface area contributed by atoms with E-state index in [1.165, 1.54) is 17.7 Å². The lowest BCUT2D eigenvalue weighted by Crippen LogP contribution is -2.19. The highest BCUT2D eigenvalue weighted by molar-refractivity contribution is 5.91. The maximum absolute atomic E-state index is 11.2. The van der Waals surface area contributed by atoms with Crippen molar-refractivity contribution < 1.29 is 14.7 Å². The van der Waals surface area contributed by atoms with Gasteiger partial charge in [-0.1, -0.05) is 12.1 Å². The van der Waals surface area contributed by atoms with Crippen LogP contribution in [0.4, 0.5) is 0 Å². The molecular formula is C13H12N2O3. The minimum absolute atomic E-state index is 0.0858. The van der Waals surface area contributed by atoms with Gasteiger partial charge < -0.3 is 4.74 Å². The number of aromatic nitrogens is 1. The van der Waals surface area contributed by atoms with Crippen LogP contribution in [-0.4, -0.2) is 16.1 Å². The number of ether oxygens (including phenoxy) is 1. The number of benzene rings is 1. The predicted octanol–water partition coefficient (Wildman–Crippen LogP) is 2.30. The van der Waals surface area contributed by atoms with E-state index in [0.29, 0.717) is 11.5 Å². The Kier molecular flexibility index (Phi) is 3.54. The van der Waals surface area contributed by atoms with Gasteiger partial charge in [0.1, 0.15) is 17.2 Å². The van der Waals surface area contributed by atoms with Crippen LogP contribution in [0.3, 0.4) is 0 Å². The van der Waals surface area contributed by atoms with Gasteiger partial charge in [-0.25, -0.2) is 5.48 Å². The molecule has 0 saturated carbocycles. The Morgan fingerprint density at radius 3 is 2.78 bits per heavy atom. The van der Waals surface area contributed by atoms with Crippen molar-refractivity contribution in [2.45, 2.75) is 6.92 Å². The van der Waals surface area contributed by atoms with E-state index in [1.807, 2.05) is 31.2 Å². The van der Waals surface area contributed by atoms with E-state index in [4.69, 9.17) is 9.94 Å². The Balaban J connectivity index is 2.22. The summed E-state index contributed by atoms with van der Waals surface area (Å²) in [5.74, 6) is 0.482. The molecule has 0 fully saturated rings. The van der Waals surface area contributed by atoms with Crippen LogP contribution in [0.5, 0.6) is 11.5 Å². The molecular weight excluding hydrogens is 232 g/mol. The third-order valence-corrected chi connectivity index (χ3v) is 2.29. The van der Waals surface area contributed by atoms with Crippen molar-refractivity contribution in [3.8, 4) is 11.5 Å². The molecule has 92 valence electrons. The van der Waals surface area contributed by atoms with Gasteiger partial charge in [-0.05, 0) is 30.7 Å². The summed E-state index contributed by atoms with van der Waals surface area (Å²) in [5.41, 5.74) is 2.69. The SMILES string of the molecule is Cc1cccc(Oc2ccnc(C(=O)NO)c2)c1. The number of pyridine rings is 1. The Morgan fingerprint density at radius 1 is 1.28 bits per heavy atom. The van der Waals surface area contributed by atoms with Crippen LogP contribution >= 0.6 is 0 Å². The van der Waals surface area contributed by atoms with Gasteiger partial charge in [0, 0.05) is 12.3 Å². The number of carbonyl (C=O) groups is 1. The molecule has 2 rings (SSSR count). The van der Waals surface area contributed by atoms with Crippen molar-refractivity contribution in [2.24, 2.45) is 0 Å². The van der Waals surface area contributed by atoms with Gasteiger partial charge in [-0.15, -0.1) is 0 Å². The van der Waals surface area contributed by atoms with E-state index in [9.17, 15) is 4.79 Å². The van der Waals surface area contributed by atoms with Crippen molar-refractivity contribution in [1.82, 2.24) is 10.5 Å². The molecule has 0 atom stereocenters. The van der Waals surface area contributed by atoms with Crippen molar-refractivity contribution in [2.75, 3.05) is 0 Å². The van der Waals surface area contributed by atoms with E-state index >= 15 is 0 Å². The lowest BCUT2D eigenvalue weighted by atomic mass is 10.2. The lowest BCUT2D eigenvalue weighted by Gasteiger charge is -2.07. The molecule has 0 saturated heterocycles. The summed E-state index contributed by atoms with van der Waals surface area (Å²) in [6.45, 7) is 1.96. The van der Waals surface area contributed by atoms with Gasteiger partial charge >= 0.3 is 0 Å². The lowest BCUT2D eigenvalue weighted by molar-refractivity contribution is 0.0700. The van der Waals surface area contributed by atoms with E-state index in [0.717, 1.165) is 5.56 Å². The zero-order valence-electron chi connectivity index (χ0n) is 9.75. The maximum Gasteiger partial charge on any atom is 0.293 e. The molecule has 1 aromatic carbocycles. The predicted molar refractivity (Wildman–Crippen MR) is 64.7 cm³/mol. The molecule has 0 unspecified atom stereocenters. The summed E-state index contributed by atoms with van der Waals surface area (Å²) in [6, 6.07) is 10.6. The number of nitrogens with zero attached hydrogens (tertiary/aromatic N) is 1. The highest BCUT2D eigenvalue weighted by Crippen LogP contribution is 2.22. The maximum atomic E-state index is 11.2. The van der Waals surface area contributed by atoms with Crippen LogP contribution in [-0.2, 0) is 0 Å². The van der Waals surface area contributed by atoms with Crippen LogP contribution in [0.25, 0.3) is 0 Å². The van der Waals surface area contributed by atoms with Crippen molar-refractivity contribution >= 4 is 5.91 Å². The molecule has 0 aliphatic heterocycles. The number of nitrogens with one attached hydrogen (secondary N) is 1. The molecule has 0 radical (unpaired) electrons. The average Bonchev–Trinajstić information content (AvgIpc) is 2.38. The smallest absolute Gasteiger partial charge is 0.293 e. The number of carbonyl (C=O) groups excluding carboxylic acids is 1. The number of rotatable bonds is 3. The number of hydroxylamine groups is 1. The van der Waals surface area contributed by atoms with Gasteiger partial charge in [0.25, 0.3) is 5.91 Å². The van der Waals surface area contributed by atoms with Gasteiger partial charge in [-0.3, -0.25) is 15.0 Å². The average molecular weight is 244 g/mol. The Labute approximate surface area is 104 Å². The van der Waals surface area contributed by atoms with Crippen LogP contribution in [0.15, 0.2) is 42.6 Å². The molecule has 0 spiro atoms. The minimum Gasteiger partial charge on any atom is -0.457 e. The second-order valence-electron chi connectivity index (χ2n) is 3.74. The number of aryl methyl sites for hydroxylation is 1. The van der Waals surface area contributed by atoms with Gasteiger partial charge in [0.05, 0.1) is 0 Å². The molecule has 5 nitrogen and oxygen atoms in total. The molecule has 1 heterocycles. The monoisotopic (exact) mass is 244 g/mol. The van der Waals surface area contributed by atoms with E-state index in [2.05, 4.69) is 4.98 Å². The normalized spacial score (nSPS) is 9.89. The Hall–Kier alpha value is -2.40. The Bertz CT molecular complexity index is 570. The Morgan fingerprint density at radius 2 is 2.06 bits per heavy atom. The topological polar surface area (TPSA) is 71.5 Å². The highest BCUT2D eigenvalue weighted by atomic mass is 16.5. The fourth-order valence-electron chi connectivity index (χ4n) is 1.47. The standard InChI is InChI=1S/C13H12N2O3/c1-9-3-2-4-10(7-9)18-11-5-6-14-12(8-11)13(16)15-17/h2-8,17H,1H3,(H,15,16). The third-order valence-electron chi connectivity index (χ3n) is 2.29. The second-order valence-corrected chi connectivity index (χ2v) is 3.74. The molecule has 2 aromatic rings. The molecule has 18 heavy (non-hydrogen) atoms. The van der Waals surface area contributed by atoms with E-state index in [1.54, 1.807) is 6.07 Å². The summed E-state index contributed by atoms with van der Waals surface area (Å²) in [6.07, 6.45) is 1.44. The summed E-state index contributed by atoms with van der Waals surface area (Å²) < 4.78 is 5.59. The molecule has 1 aromatic heterocycles. The number of amides is 1. The fraction of sp³-hybridized carbons (Fsp3) is 0.0769. The summed E-state index contributed by atoms with van der Waals surface area (Å²) in [4.78, 5) is 15.0. The highest BCUT2D eigenvalue weighted by Gasteiger charge is 2.07. The van der Waals surface area contributed by atoms with Crippen LogP contribution in [0, 0.1) is 6.92 Å². The zero-order valence-corrected chi connectivity index (χ0v) is 9.75. The quantitative estimate of drug-likeness (QED) is 0.642. The summed E-state index contributed by atoms with van der Waals surface area (Å²) in [7, 11) is 0. The molecule has 0 aliphatic rings. The van der Waals surface area contributed by atoms with Gasteiger partial charge in [-0.2, -0.15) is 0 Å². The van der Waals surface area contributed by atoms with Crippen molar-refractivity contribution in [1.29, 1.82) is 0 Å². The molecule has 0 bridgehead atoms. The molecule has 1 amide bonds. The van der Waals surface area contributed by atoms with Crippen LogP contribution in [0.1, 0.15) is 16.1 Å². The van der Waals surface area contributed by atoms with Gasteiger partial charge in [0.15, 0.2) is 0 Å². The first-order valence-corrected chi connectivity index (χ1v) is 5.34. The van der Waals surface area contributed by atoms with Crippen LogP contribution in [0.2, 0.25) is 0 Å². The molecule has 0 aliphatic carbocycles. The minimum atomic E-state index is -0.676. The first-order chi connectivity index (χ1) is 8.69. The second kappa shape index (κ2) is 5.29. The first-order valence-electron chi connectivity index (χ1n) is 5.34. The molecule has 2 N–H and O–H groups in total. The summed E-state index contributed by atoms with van der Waals surface area (Å²) >= 11 is 0. The number of hydrogen-bond acceptors (Lipinski definition) is 4.